The maximum Gasteiger partial charge on any atom is 0.266 e. The van der Waals surface area contributed by atoms with E-state index in [0.29, 0.717) is 10.7 Å². The van der Waals surface area contributed by atoms with Gasteiger partial charge in [0.2, 0.25) is 0 Å². The number of rotatable bonds is 4. The quantitative estimate of drug-likeness (QED) is 0.397. The number of hydrogen-bond acceptors (Lipinski definition) is 2. The van der Waals surface area contributed by atoms with Crippen molar-refractivity contribution in [2.45, 2.75) is 20.8 Å². The zero-order chi connectivity index (χ0) is 21.1. The second-order valence-corrected chi connectivity index (χ2v) is 7.51. The number of carbonyl (C=O) groups is 1. The Morgan fingerprint density at radius 2 is 1.83 bits per heavy atom. The van der Waals surface area contributed by atoms with Gasteiger partial charge in [0, 0.05) is 17.1 Å². The van der Waals surface area contributed by atoms with Gasteiger partial charge in [-0.1, -0.05) is 41.4 Å². The summed E-state index contributed by atoms with van der Waals surface area (Å²) in [6.07, 6.45) is 1.59. The molecule has 0 spiro atoms. The molecule has 1 amide bonds. The number of aromatic nitrogens is 1. The minimum Gasteiger partial charge on any atom is -0.320 e. The summed E-state index contributed by atoms with van der Waals surface area (Å²) in [7, 11) is 0. The number of halogens is 2. The molecular weight excluding hydrogens is 405 g/mol. The Morgan fingerprint density at radius 3 is 2.52 bits per heavy atom. The van der Waals surface area contributed by atoms with E-state index in [1.165, 1.54) is 0 Å². The highest BCUT2D eigenvalue weighted by Gasteiger charge is 2.15. The van der Waals surface area contributed by atoms with Gasteiger partial charge in [-0.15, -0.1) is 0 Å². The molecule has 3 rings (SSSR count). The lowest BCUT2D eigenvalue weighted by Gasteiger charge is -2.10. The van der Waals surface area contributed by atoms with Gasteiger partial charge in [-0.05, 0) is 68.3 Å². The number of nitrogens with zero attached hydrogens (tertiary/aromatic N) is 2. The van der Waals surface area contributed by atoms with E-state index < -0.39 is 5.91 Å². The van der Waals surface area contributed by atoms with Crippen molar-refractivity contribution in [2.75, 3.05) is 5.32 Å². The molecule has 6 heteroatoms. The molecule has 0 bridgehead atoms. The van der Waals surface area contributed by atoms with Crippen LogP contribution in [0.2, 0.25) is 10.0 Å². The van der Waals surface area contributed by atoms with Crippen molar-refractivity contribution in [3.05, 3.63) is 86.7 Å². The Hall–Kier alpha value is -3.00. The molecule has 0 atom stereocenters. The van der Waals surface area contributed by atoms with Crippen LogP contribution in [0.1, 0.15) is 22.5 Å². The molecule has 0 radical (unpaired) electrons. The van der Waals surface area contributed by atoms with E-state index in [9.17, 15) is 10.1 Å². The van der Waals surface area contributed by atoms with Gasteiger partial charge in [0.15, 0.2) is 0 Å². The van der Waals surface area contributed by atoms with E-state index in [1.807, 2.05) is 51.1 Å². The smallest absolute Gasteiger partial charge is 0.266 e. The molecule has 0 unspecified atom stereocenters. The lowest BCUT2D eigenvalue weighted by Crippen LogP contribution is -2.13. The predicted octanol–water partition coefficient (Wildman–Crippen LogP) is 6.26. The Labute approximate surface area is 180 Å². The number of amides is 1. The number of carbonyl (C=O) groups excluding carboxylic acids is 1. The molecule has 29 heavy (non-hydrogen) atoms. The highest BCUT2D eigenvalue weighted by Crippen LogP contribution is 2.30. The number of aryl methyl sites for hydroxylation is 2. The second kappa shape index (κ2) is 8.57. The summed E-state index contributed by atoms with van der Waals surface area (Å²) in [6.45, 7) is 5.99. The van der Waals surface area contributed by atoms with Gasteiger partial charge in [0.25, 0.3) is 5.91 Å². The molecule has 0 saturated carbocycles. The van der Waals surface area contributed by atoms with Crippen molar-refractivity contribution in [1.82, 2.24) is 4.57 Å². The molecule has 0 aliphatic carbocycles. The molecular formula is C23H19Cl2N3O. The van der Waals surface area contributed by atoms with Crippen LogP contribution in [0.25, 0.3) is 11.8 Å². The Bertz CT molecular complexity index is 1170. The Balaban J connectivity index is 1.96. The van der Waals surface area contributed by atoms with Crippen molar-refractivity contribution in [3.63, 3.8) is 0 Å². The first-order chi connectivity index (χ1) is 13.8. The summed E-state index contributed by atoms with van der Waals surface area (Å²) in [5, 5.41) is 12.7. The monoisotopic (exact) mass is 423 g/mol. The van der Waals surface area contributed by atoms with Gasteiger partial charge in [-0.25, -0.2) is 0 Å². The molecule has 2 aromatic carbocycles. The van der Waals surface area contributed by atoms with E-state index in [2.05, 4.69) is 16.0 Å². The second-order valence-electron chi connectivity index (χ2n) is 6.73. The molecule has 4 nitrogen and oxygen atoms in total. The van der Waals surface area contributed by atoms with Gasteiger partial charge in [0.05, 0.1) is 15.7 Å². The normalized spacial score (nSPS) is 11.2. The average Bonchev–Trinajstić information content (AvgIpc) is 2.96. The molecule has 1 aromatic heterocycles. The van der Waals surface area contributed by atoms with E-state index >= 15 is 0 Å². The number of hydrogen-bond donors (Lipinski definition) is 1. The maximum atomic E-state index is 12.6. The summed E-state index contributed by atoms with van der Waals surface area (Å²) in [5.74, 6) is -0.544. The van der Waals surface area contributed by atoms with Crippen LogP contribution in [0, 0.1) is 32.1 Å². The molecule has 146 valence electrons. The minimum absolute atomic E-state index is 0.0227. The number of benzene rings is 2. The third kappa shape index (κ3) is 4.37. The van der Waals surface area contributed by atoms with Gasteiger partial charge in [-0.2, -0.15) is 5.26 Å². The first-order valence-electron chi connectivity index (χ1n) is 8.95. The van der Waals surface area contributed by atoms with Crippen LogP contribution in [0.3, 0.4) is 0 Å². The van der Waals surface area contributed by atoms with E-state index in [0.717, 1.165) is 28.2 Å². The van der Waals surface area contributed by atoms with Crippen LogP contribution in [0.15, 0.2) is 54.1 Å². The SMILES string of the molecule is Cc1cccc(-n2c(C)cc(/C=C(/C#N)C(=O)Nc3cccc(Cl)c3Cl)c2C)c1. The van der Waals surface area contributed by atoms with E-state index in [-0.39, 0.29) is 10.6 Å². The van der Waals surface area contributed by atoms with Crippen molar-refractivity contribution in [3.8, 4) is 11.8 Å². The van der Waals surface area contributed by atoms with Crippen LogP contribution >= 0.6 is 23.2 Å². The zero-order valence-electron chi connectivity index (χ0n) is 16.3. The highest BCUT2D eigenvalue weighted by molar-refractivity contribution is 6.44. The molecule has 1 heterocycles. The van der Waals surface area contributed by atoms with Crippen LogP contribution in [0.4, 0.5) is 5.69 Å². The summed E-state index contributed by atoms with van der Waals surface area (Å²) < 4.78 is 2.10. The summed E-state index contributed by atoms with van der Waals surface area (Å²) in [4.78, 5) is 12.6. The van der Waals surface area contributed by atoms with Crippen molar-refractivity contribution in [2.24, 2.45) is 0 Å². The fraction of sp³-hybridized carbons (Fsp3) is 0.130. The molecule has 1 N–H and O–H groups in total. The molecule has 0 saturated heterocycles. The standard InChI is InChI=1S/C23H19Cl2N3O/c1-14-6-4-7-19(10-14)28-15(2)11-17(16(28)3)12-18(13-26)23(29)27-21-9-5-8-20(24)22(21)25/h4-12H,1-3H3,(H,27,29)/b18-12-. The number of nitriles is 1. The van der Waals surface area contributed by atoms with Crippen molar-refractivity contribution >= 4 is 40.9 Å². The topological polar surface area (TPSA) is 57.8 Å². The molecule has 0 aliphatic rings. The zero-order valence-corrected chi connectivity index (χ0v) is 17.8. The highest BCUT2D eigenvalue weighted by atomic mass is 35.5. The van der Waals surface area contributed by atoms with Gasteiger partial charge in [-0.3, -0.25) is 4.79 Å². The van der Waals surface area contributed by atoms with Crippen LogP contribution < -0.4 is 5.32 Å². The molecule has 0 aliphatic heterocycles. The first-order valence-corrected chi connectivity index (χ1v) is 9.70. The largest absolute Gasteiger partial charge is 0.320 e. The summed E-state index contributed by atoms with van der Waals surface area (Å²) >= 11 is 12.1. The summed E-state index contributed by atoms with van der Waals surface area (Å²) in [5.41, 5.74) is 5.27. The predicted molar refractivity (Wildman–Crippen MR) is 119 cm³/mol. The third-order valence-corrected chi connectivity index (χ3v) is 5.41. The van der Waals surface area contributed by atoms with Gasteiger partial charge < -0.3 is 9.88 Å². The van der Waals surface area contributed by atoms with E-state index in [1.54, 1.807) is 24.3 Å². The first kappa shape index (κ1) is 20.7. The average molecular weight is 424 g/mol. The lowest BCUT2D eigenvalue weighted by atomic mass is 10.1. The van der Waals surface area contributed by atoms with Crippen LogP contribution in [-0.4, -0.2) is 10.5 Å². The Kier molecular flexibility index (Phi) is 6.12. The fourth-order valence-electron chi connectivity index (χ4n) is 3.19. The molecule has 0 fully saturated rings. The summed E-state index contributed by atoms with van der Waals surface area (Å²) in [6, 6.07) is 17.0. The van der Waals surface area contributed by atoms with Gasteiger partial charge >= 0.3 is 0 Å². The van der Waals surface area contributed by atoms with E-state index in [4.69, 9.17) is 23.2 Å². The van der Waals surface area contributed by atoms with Crippen molar-refractivity contribution in [1.29, 1.82) is 5.26 Å². The molecule has 3 aromatic rings. The maximum absolute atomic E-state index is 12.6. The Morgan fingerprint density at radius 1 is 1.10 bits per heavy atom. The minimum atomic E-state index is -0.544. The van der Waals surface area contributed by atoms with Crippen LogP contribution in [0.5, 0.6) is 0 Å². The fourth-order valence-corrected chi connectivity index (χ4v) is 3.54. The number of nitrogens with one attached hydrogen (secondary N) is 1. The van der Waals surface area contributed by atoms with Crippen molar-refractivity contribution < 1.29 is 4.79 Å². The number of anilines is 1. The third-order valence-electron chi connectivity index (χ3n) is 4.59. The van der Waals surface area contributed by atoms with Crippen LogP contribution in [-0.2, 0) is 4.79 Å². The lowest BCUT2D eigenvalue weighted by molar-refractivity contribution is -0.112. The van der Waals surface area contributed by atoms with Gasteiger partial charge in [0.1, 0.15) is 11.6 Å².